The number of benzene rings is 2. The number of aryl methyl sites for hydroxylation is 1. The molecule has 2 heteroatoms. The standard InChI is InChI=1S/C17H14O2/c1-13-2-9-16(10-3-13)17(19)11-8-14-4-6-15(12-18)7-5-14/h2-12H,1H3/b11-8+. The van der Waals surface area contributed by atoms with Gasteiger partial charge in [-0.2, -0.15) is 0 Å². The van der Waals surface area contributed by atoms with Crippen molar-refractivity contribution < 1.29 is 9.59 Å². The van der Waals surface area contributed by atoms with Crippen molar-refractivity contribution in [1.29, 1.82) is 0 Å². The maximum atomic E-state index is 11.9. The third kappa shape index (κ3) is 3.49. The minimum absolute atomic E-state index is 0.0283. The molecule has 2 rings (SSSR count). The van der Waals surface area contributed by atoms with Crippen molar-refractivity contribution in [1.82, 2.24) is 0 Å². The average Bonchev–Trinajstić information content (AvgIpc) is 2.46. The van der Waals surface area contributed by atoms with Crippen LogP contribution in [0.4, 0.5) is 0 Å². The molecule has 0 aliphatic heterocycles. The van der Waals surface area contributed by atoms with E-state index in [1.165, 1.54) is 0 Å². The normalized spacial score (nSPS) is 10.6. The molecule has 0 fully saturated rings. The lowest BCUT2D eigenvalue weighted by molar-refractivity contribution is 0.104. The van der Waals surface area contributed by atoms with Crippen molar-refractivity contribution in [3.8, 4) is 0 Å². The Morgan fingerprint density at radius 2 is 1.47 bits per heavy atom. The summed E-state index contributed by atoms with van der Waals surface area (Å²) in [5, 5.41) is 0. The van der Waals surface area contributed by atoms with Gasteiger partial charge in [-0.1, -0.05) is 60.2 Å². The molecule has 2 nitrogen and oxygen atoms in total. The van der Waals surface area contributed by atoms with Gasteiger partial charge in [0.25, 0.3) is 0 Å². The Morgan fingerprint density at radius 3 is 2.05 bits per heavy atom. The van der Waals surface area contributed by atoms with E-state index >= 15 is 0 Å². The van der Waals surface area contributed by atoms with E-state index in [2.05, 4.69) is 0 Å². The molecule has 94 valence electrons. The Kier molecular flexibility index (Phi) is 4.04. The average molecular weight is 250 g/mol. The summed E-state index contributed by atoms with van der Waals surface area (Å²) in [6.45, 7) is 1.98. The predicted octanol–water partition coefficient (Wildman–Crippen LogP) is 3.70. The number of allylic oxidation sites excluding steroid dienone is 1. The highest BCUT2D eigenvalue weighted by atomic mass is 16.1. The van der Waals surface area contributed by atoms with Crippen LogP contribution in [0, 0.1) is 6.92 Å². The molecule has 2 aromatic carbocycles. The maximum Gasteiger partial charge on any atom is 0.185 e. The van der Waals surface area contributed by atoms with E-state index in [0.717, 1.165) is 17.4 Å². The molecule has 0 amide bonds. The molecule has 0 aliphatic carbocycles. The summed E-state index contributed by atoms with van der Waals surface area (Å²) in [6.07, 6.45) is 4.09. The number of rotatable bonds is 4. The molecule has 0 unspecified atom stereocenters. The number of hydrogen-bond donors (Lipinski definition) is 0. The number of aldehydes is 1. The number of carbonyl (C=O) groups is 2. The Bertz CT molecular complexity index is 605. The van der Waals surface area contributed by atoms with Gasteiger partial charge in [0, 0.05) is 11.1 Å². The van der Waals surface area contributed by atoms with Gasteiger partial charge < -0.3 is 0 Å². The van der Waals surface area contributed by atoms with E-state index in [1.54, 1.807) is 24.3 Å². The van der Waals surface area contributed by atoms with E-state index in [-0.39, 0.29) is 5.78 Å². The van der Waals surface area contributed by atoms with Crippen LogP contribution in [0.15, 0.2) is 54.6 Å². The first-order chi connectivity index (χ1) is 9.19. The van der Waals surface area contributed by atoms with Crippen LogP contribution in [0.25, 0.3) is 6.08 Å². The molecule has 19 heavy (non-hydrogen) atoms. The van der Waals surface area contributed by atoms with E-state index in [0.29, 0.717) is 11.1 Å². The zero-order valence-electron chi connectivity index (χ0n) is 10.7. The second-order valence-electron chi connectivity index (χ2n) is 4.35. The van der Waals surface area contributed by atoms with Crippen LogP contribution in [-0.4, -0.2) is 12.1 Å². The minimum atomic E-state index is -0.0283. The molecule has 0 radical (unpaired) electrons. The molecule has 0 atom stereocenters. The van der Waals surface area contributed by atoms with Crippen LogP contribution < -0.4 is 0 Å². The van der Waals surface area contributed by atoms with Gasteiger partial charge >= 0.3 is 0 Å². The SMILES string of the molecule is Cc1ccc(C(=O)/C=C/c2ccc(C=O)cc2)cc1. The molecular formula is C17H14O2. The zero-order chi connectivity index (χ0) is 13.7. The van der Waals surface area contributed by atoms with E-state index in [1.807, 2.05) is 43.3 Å². The first-order valence-electron chi connectivity index (χ1n) is 6.03. The molecule has 0 aromatic heterocycles. The molecule has 2 aromatic rings. The van der Waals surface area contributed by atoms with E-state index in [9.17, 15) is 9.59 Å². The van der Waals surface area contributed by atoms with Crippen molar-refractivity contribution >= 4 is 18.1 Å². The van der Waals surface area contributed by atoms with E-state index < -0.39 is 0 Å². The van der Waals surface area contributed by atoms with Crippen molar-refractivity contribution in [3.05, 3.63) is 76.9 Å². The van der Waals surface area contributed by atoms with E-state index in [4.69, 9.17) is 0 Å². The fourth-order valence-corrected chi connectivity index (χ4v) is 1.67. The Labute approximate surface area is 112 Å². The van der Waals surface area contributed by atoms with Crippen LogP contribution >= 0.6 is 0 Å². The van der Waals surface area contributed by atoms with Gasteiger partial charge in [-0.05, 0) is 18.6 Å². The van der Waals surface area contributed by atoms with Crippen LogP contribution in [0.1, 0.15) is 31.8 Å². The largest absolute Gasteiger partial charge is 0.298 e. The van der Waals surface area contributed by atoms with Gasteiger partial charge in [0.05, 0.1) is 0 Å². The molecule has 0 spiro atoms. The van der Waals surface area contributed by atoms with Crippen LogP contribution in [0.3, 0.4) is 0 Å². The summed E-state index contributed by atoms with van der Waals surface area (Å²) in [6, 6.07) is 14.5. The van der Waals surface area contributed by atoms with Crippen LogP contribution in [0.5, 0.6) is 0 Å². The molecular weight excluding hydrogens is 236 g/mol. The third-order valence-corrected chi connectivity index (χ3v) is 2.84. The van der Waals surface area contributed by atoms with Crippen molar-refractivity contribution in [2.45, 2.75) is 6.92 Å². The topological polar surface area (TPSA) is 34.1 Å². The highest BCUT2D eigenvalue weighted by molar-refractivity contribution is 6.06. The first-order valence-corrected chi connectivity index (χ1v) is 6.03. The molecule has 0 N–H and O–H groups in total. The van der Waals surface area contributed by atoms with Gasteiger partial charge in [-0.15, -0.1) is 0 Å². The van der Waals surface area contributed by atoms with Gasteiger partial charge in [-0.3, -0.25) is 9.59 Å². The molecule has 0 heterocycles. The Balaban J connectivity index is 2.10. The van der Waals surface area contributed by atoms with Gasteiger partial charge in [-0.25, -0.2) is 0 Å². The third-order valence-electron chi connectivity index (χ3n) is 2.84. The summed E-state index contributed by atoms with van der Waals surface area (Å²) in [7, 11) is 0. The summed E-state index contributed by atoms with van der Waals surface area (Å²) in [5.41, 5.74) is 3.32. The number of ketones is 1. The summed E-state index contributed by atoms with van der Waals surface area (Å²) >= 11 is 0. The quantitative estimate of drug-likeness (QED) is 0.471. The first kappa shape index (κ1) is 13.0. The Morgan fingerprint density at radius 1 is 0.895 bits per heavy atom. The highest BCUT2D eigenvalue weighted by Gasteiger charge is 2.00. The lowest BCUT2D eigenvalue weighted by atomic mass is 10.1. The molecule has 0 bridgehead atoms. The summed E-state index contributed by atoms with van der Waals surface area (Å²) in [5.74, 6) is -0.0283. The second kappa shape index (κ2) is 5.91. The lowest BCUT2D eigenvalue weighted by Crippen LogP contribution is -1.93. The van der Waals surface area contributed by atoms with Crippen molar-refractivity contribution in [3.63, 3.8) is 0 Å². The van der Waals surface area contributed by atoms with Gasteiger partial charge in [0.1, 0.15) is 6.29 Å². The molecule has 0 saturated heterocycles. The highest BCUT2D eigenvalue weighted by Crippen LogP contribution is 2.08. The fourth-order valence-electron chi connectivity index (χ4n) is 1.67. The Hall–Kier alpha value is -2.48. The fraction of sp³-hybridized carbons (Fsp3) is 0.0588. The summed E-state index contributed by atoms with van der Waals surface area (Å²) in [4.78, 5) is 22.4. The monoisotopic (exact) mass is 250 g/mol. The smallest absolute Gasteiger partial charge is 0.185 e. The number of carbonyl (C=O) groups excluding carboxylic acids is 2. The molecule has 0 saturated carbocycles. The predicted molar refractivity (Wildman–Crippen MR) is 76.4 cm³/mol. The number of hydrogen-bond acceptors (Lipinski definition) is 2. The summed E-state index contributed by atoms with van der Waals surface area (Å²) < 4.78 is 0. The van der Waals surface area contributed by atoms with Crippen molar-refractivity contribution in [2.24, 2.45) is 0 Å². The van der Waals surface area contributed by atoms with Crippen LogP contribution in [0.2, 0.25) is 0 Å². The zero-order valence-corrected chi connectivity index (χ0v) is 10.7. The maximum absolute atomic E-state index is 11.9. The minimum Gasteiger partial charge on any atom is -0.298 e. The van der Waals surface area contributed by atoms with Crippen molar-refractivity contribution in [2.75, 3.05) is 0 Å². The van der Waals surface area contributed by atoms with Crippen LogP contribution in [-0.2, 0) is 0 Å². The van der Waals surface area contributed by atoms with Gasteiger partial charge in [0.2, 0.25) is 0 Å². The lowest BCUT2D eigenvalue weighted by Gasteiger charge is -1.97. The van der Waals surface area contributed by atoms with Gasteiger partial charge in [0.15, 0.2) is 5.78 Å². The second-order valence-corrected chi connectivity index (χ2v) is 4.35. The molecule has 0 aliphatic rings.